The topological polar surface area (TPSA) is 58.4 Å². The van der Waals surface area contributed by atoms with Crippen molar-refractivity contribution in [2.75, 3.05) is 24.7 Å². The summed E-state index contributed by atoms with van der Waals surface area (Å²) in [6.45, 7) is 0.709. The molecule has 21 heavy (non-hydrogen) atoms. The number of hydrogen-bond acceptors (Lipinski definition) is 3. The fraction of sp³-hybridized carbons (Fsp3) is 0.188. The highest BCUT2D eigenvalue weighted by atomic mass is 79.9. The van der Waals surface area contributed by atoms with Gasteiger partial charge in [-0.05, 0) is 35.9 Å². The Morgan fingerprint density at radius 3 is 2.71 bits per heavy atom. The van der Waals surface area contributed by atoms with E-state index in [1.165, 1.54) is 0 Å². The molecule has 3 N–H and O–H groups in total. The van der Waals surface area contributed by atoms with Gasteiger partial charge in [-0.1, -0.05) is 28.1 Å². The van der Waals surface area contributed by atoms with Gasteiger partial charge in [0.2, 0.25) is 0 Å². The first-order valence-electron chi connectivity index (χ1n) is 6.58. The number of nitrogen functional groups attached to an aromatic ring is 1. The molecule has 0 aromatic heterocycles. The van der Waals surface area contributed by atoms with Crippen LogP contribution in [0.4, 0.5) is 11.4 Å². The van der Waals surface area contributed by atoms with Gasteiger partial charge in [-0.25, -0.2) is 0 Å². The second-order valence-corrected chi connectivity index (χ2v) is 5.75. The van der Waals surface area contributed by atoms with E-state index < -0.39 is 0 Å². The van der Waals surface area contributed by atoms with Crippen molar-refractivity contribution >= 4 is 33.2 Å². The number of rotatable bonds is 4. The predicted molar refractivity (Wildman–Crippen MR) is 90.5 cm³/mol. The van der Waals surface area contributed by atoms with Crippen LogP contribution in [0.5, 0.6) is 0 Å². The van der Waals surface area contributed by atoms with Gasteiger partial charge >= 0.3 is 0 Å². The number of amides is 1. The number of anilines is 2. The molecule has 2 aromatic rings. The number of carbonyl (C=O) groups excluding carboxylic acids is 1. The molecule has 0 saturated heterocycles. The first-order valence-corrected chi connectivity index (χ1v) is 7.37. The van der Waals surface area contributed by atoms with E-state index in [0.717, 1.165) is 15.7 Å². The van der Waals surface area contributed by atoms with Crippen LogP contribution in [-0.4, -0.2) is 20.0 Å². The Kier molecular flexibility index (Phi) is 4.85. The molecule has 4 nitrogen and oxygen atoms in total. The lowest BCUT2D eigenvalue weighted by atomic mass is 10.1. The van der Waals surface area contributed by atoms with Gasteiger partial charge in [0.15, 0.2) is 0 Å². The first kappa shape index (κ1) is 15.4. The van der Waals surface area contributed by atoms with Crippen molar-refractivity contribution in [1.29, 1.82) is 0 Å². The molecule has 0 atom stereocenters. The Morgan fingerprint density at radius 1 is 1.29 bits per heavy atom. The highest BCUT2D eigenvalue weighted by molar-refractivity contribution is 9.10. The molecule has 1 amide bonds. The number of hydrogen-bond donors (Lipinski definition) is 2. The van der Waals surface area contributed by atoms with Crippen molar-refractivity contribution in [3.8, 4) is 0 Å². The molecule has 0 saturated carbocycles. The van der Waals surface area contributed by atoms with Gasteiger partial charge in [0.1, 0.15) is 0 Å². The Labute approximate surface area is 133 Å². The summed E-state index contributed by atoms with van der Waals surface area (Å²) in [4.78, 5) is 13.8. The van der Waals surface area contributed by atoms with Crippen molar-refractivity contribution in [3.05, 3.63) is 58.1 Å². The average molecular weight is 348 g/mol. The second-order valence-electron chi connectivity index (χ2n) is 4.84. The van der Waals surface area contributed by atoms with Crippen LogP contribution in [0.25, 0.3) is 0 Å². The van der Waals surface area contributed by atoms with Gasteiger partial charge < -0.3 is 16.0 Å². The van der Waals surface area contributed by atoms with Crippen LogP contribution in [0.2, 0.25) is 0 Å². The van der Waals surface area contributed by atoms with E-state index in [0.29, 0.717) is 17.8 Å². The molecular formula is C16H18BrN3O. The Balaban J connectivity index is 2.26. The third-order valence-corrected chi connectivity index (χ3v) is 3.73. The standard InChI is InChI=1S/C16H18BrN3O/c1-19-16(21)12-6-7-14(18)15(9-12)20(2)10-11-4-3-5-13(17)8-11/h3-9H,10,18H2,1-2H3,(H,19,21). The third-order valence-electron chi connectivity index (χ3n) is 3.24. The van der Waals surface area contributed by atoms with Crippen LogP contribution in [0.3, 0.4) is 0 Å². The van der Waals surface area contributed by atoms with E-state index in [1.54, 1.807) is 19.2 Å². The molecule has 0 aliphatic carbocycles. The molecule has 0 unspecified atom stereocenters. The van der Waals surface area contributed by atoms with Crippen molar-refractivity contribution in [2.24, 2.45) is 0 Å². The van der Waals surface area contributed by atoms with Gasteiger partial charge in [0.25, 0.3) is 5.91 Å². The van der Waals surface area contributed by atoms with Gasteiger partial charge in [0, 0.05) is 30.7 Å². The summed E-state index contributed by atoms with van der Waals surface area (Å²) < 4.78 is 1.04. The van der Waals surface area contributed by atoms with Gasteiger partial charge in [0.05, 0.1) is 11.4 Å². The summed E-state index contributed by atoms with van der Waals surface area (Å²) in [5, 5.41) is 2.62. The molecule has 0 heterocycles. The molecule has 110 valence electrons. The van der Waals surface area contributed by atoms with Gasteiger partial charge in [-0.3, -0.25) is 4.79 Å². The summed E-state index contributed by atoms with van der Waals surface area (Å²) >= 11 is 3.47. The molecule has 0 bridgehead atoms. The lowest BCUT2D eigenvalue weighted by molar-refractivity contribution is 0.0963. The number of nitrogens with one attached hydrogen (secondary N) is 1. The van der Waals surface area contributed by atoms with Gasteiger partial charge in [-0.2, -0.15) is 0 Å². The van der Waals surface area contributed by atoms with E-state index in [4.69, 9.17) is 5.73 Å². The van der Waals surface area contributed by atoms with Crippen molar-refractivity contribution in [2.45, 2.75) is 6.54 Å². The summed E-state index contributed by atoms with van der Waals surface area (Å²) in [6.07, 6.45) is 0. The average Bonchev–Trinajstić information content (AvgIpc) is 2.46. The largest absolute Gasteiger partial charge is 0.397 e. The monoisotopic (exact) mass is 347 g/mol. The normalized spacial score (nSPS) is 10.2. The van der Waals surface area contributed by atoms with Crippen LogP contribution >= 0.6 is 15.9 Å². The summed E-state index contributed by atoms with van der Waals surface area (Å²) in [7, 11) is 3.57. The van der Waals surface area contributed by atoms with Crippen molar-refractivity contribution in [3.63, 3.8) is 0 Å². The number of nitrogens with zero attached hydrogens (tertiary/aromatic N) is 1. The predicted octanol–water partition coefficient (Wildman–Crippen LogP) is 3.03. The molecule has 0 fully saturated rings. The fourth-order valence-electron chi connectivity index (χ4n) is 2.15. The summed E-state index contributed by atoms with van der Waals surface area (Å²) in [5.41, 5.74) is 9.29. The molecule has 0 radical (unpaired) electrons. The Morgan fingerprint density at radius 2 is 2.05 bits per heavy atom. The Hall–Kier alpha value is -2.01. The fourth-order valence-corrected chi connectivity index (χ4v) is 2.60. The van der Waals surface area contributed by atoms with Crippen molar-refractivity contribution in [1.82, 2.24) is 5.32 Å². The van der Waals surface area contributed by atoms with Crippen LogP contribution < -0.4 is 16.0 Å². The third kappa shape index (κ3) is 3.76. The van der Waals surface area contributed by atoms with Crippen LogP contribution in [-0.2, 0) is 6.54 Å². The van der Waals surface area contributed by atoms with E-state index in [9.17, 15) is 4.79 Å². The first-order chi connectivity index (χ1) is 10.0. The molecule has 0 aliphatic rings. The molecule has 2 aromatic carbocycles. The second kappa shape index (κ2) is 6.63. The molecule has 2 rings (SSSR count). The minimum atomic E-state index is -0.118. The highest BCUT2D eigenvalue weighted by Gasteiger charge is 2.10. The number of nitrogens with two attached hydrogens (primary N) is 1. The molecular weight excluding hydrogens is 330 g/mol. The quantitative estimate of drug-likeness (QED) is 0.835. The molecule has 0 aliphatic heterocycles. The summed E-state index contributed by atoms with van der Waals surface area (Å²) in [6, 6.07) is 13.4. The lowest BCUT2D eigenvalue weighted by Crippen LogP contribution is -2.21. The zero-order valence-electron chi connectivity index (χ0n) is 12.1. The summed E-state index contributed by atoms with van der Waals surface area (Å²) in [5.74, 6) is -0.118. The zero-order valence-corrected chi connectivity index (χ0v) is 13.6. The Bertz CT molecular complexity index is 658. The van der Waals surface area contributed by atoms with Gasteiger partial charge in [-0.15, -0.1) is 0 Å². The lowest BCUT2D eigenvalue weighted by Gasteiger charge is -2.22. The zero-order chi connectivity index (χ0) is 15.4. The van der Waals surface area contributed by atoms with Crippen LogP contribution in [0, 0.1) is 0 Å². The highest BCUT2D eigenvalue weighted by Crippen LogP contribution is 2.25. The van der Waals surface area contributed by atoms with E-state index >= 15 is 0 Å². The number of benzene rings is 2. The van der Waals surface area contributed by atoms with E-state index in [1.807, 2.05) is 30.1 Å². The van der Waals surface area contributed by atoms with Crippen molar-refractivity contribution < 1.29 is 4.79 Å². The SMILES string of the molecule is CNC(=O)c1ccc(N)c(N(C)Cc2cccc(Br)c2)c1. The molecule has 0 spiro atoms. The number of carbonyl (C=O) groups is 1. The van der Waals surface area contributed by atoms with E-state index in [2.05, 4.69) is 33.4 Å². The molecule has 5 heteroatoms. The van der Waals surface area contributed by atoms with E-state index in [-0.39, 0.29) is 5.91 Å². The maximum Gasteiger partial charge on any atom is 0.251 e. The maximum atomic E-state index is 11.7. The van der Waals surface area contributed by atoms with Crippen LogP contribution in [0.15, 0.2) is 46.9 Å². The smallest absolute Gasteiger partial charge is 0.251 e. The minimum absolute atomic E-state index is 0.118. The maximum absolute atomic E-state index is 11.7. The minimum Gasteiger partial charge on any atom is -0.397 e. The number of halogens is 1. The van der Waals surface area contributed by atoms with Crippen LogP contribution in [0.1, 0.15) is 15.9 Å².